The van der Waals surface area contributed by atoms with E-state index in [2.05, 4.69) is 48.0 Å². The summed E-state index contributed by atoms with van der Waals surface area (Å²) in [4.78, 5) is 0. The molecule has 2 rings (SSSR count). The van der Waals surface area contributed by atoms with Crippen molar-refractivity contribution in [3.8, 4) is 5.06 Å². The van der Waals surface area contributed by atoms with Crippen LogP contribution in [0.5, 0.6) is 5.06 Å². The Morgan fingerprint density at radius 1 is 1.50 bits per heavy atom. The largest absolute Gasteiger partial charge is 0.474 e. The fourth-order valence-corrected chi connectivity index (χ4v) is 2.67. The van der Waals surface area contributed by atoms with Gasteiger partial charge < -0.3 is 4.74 Å². The lowest BCUT2D eigenvalue weighted by Gasteiger charge is -2.25. The second-order valence-electron chi connectivity index (χ2n) is 3.33. The summed E-state index contributed by atoms with van der Waals surface area (Å²) in [6.45, 7) is 4.11. The minimum Gasteiger partial charge on any atom is -0.474 e. The van der Waals surface area contributed by atoms with Crippen LogP contribution in [0.4, 0.5) is 0 Å². The molecule has 1 nitrogen and oxygen atoms in total. The number of hydrogen-bond donors (Lipinski definition) is 0. The van der Waals surface area contributed by atoms with Crippen LogP contribution >= 0.6 is 27.3 Å². The van der Waals surface area contributed by atoms with Crippen LogP contribution in [0.3, 0.4) is 0 Å². The summed E-state index contributed by atoms with van der Waals surface area (Å²) in [7, 11) is 0. The molecule has 0 radical (unpaired) electrons. The summed E-state index contributed by atoms with van der Waals surface area (Å²) in [5.41, 5.74) is 1.02. The third kappa shape index (κ3) is 1.43. The topological polar surface area (TPSA) is 9.23 Å². The van der Waals surface area contributed by atoms with Crippen LogP contribution in [0.2, 0.25) is 0 Å². The van der Waals surface area contributed by atoms with Crippen molar-refractivity contribution < 1.29 is 4.74 Å². The molecule has 0 bridgehead atoms. The Balaban J connectivity index is 2.45. The molecule has 0 aromatic carbocycles. The van der Waals surface area contributed by atoms with Crippen molar-refractivity contribution in [1.29, 1.82) is 0 Å². The highest BCUT2D eigenvalue weighted by Crippen LogP contribution is 2.40. The summed E-state index contributed by atoms with van der Waals surface area (Å²) >= 11 is 5.07. The van der Waals surface area contributed by atoms with Crippen LogP contribution in [-0.2, 0) is 0 Å². The first-order valence-corrected chi connectivity index (χ1v) is 5.35. The predicted octanol–water partition coefficient (Wildman–Crippen LogP) is 3.69. The molecule has 1 aromatic heterocycles. The summed E-state index contributed by atoms with van der Waals surface area (Å²) in [5, 5.41) is 1.01. The van der Waals surface area contributed by atoms with E-state index >= 15 is 0 Å². The highest BCUT2D eigenvalue weighted by atomic mass is 79.9. The number of hydrogen-bond acceptors (Lipinski definition) is 2. The van der Waals surface area contributed by atoms with Gasteiger partial charge in [0, 0.05) is 5.56 Å². The second-order valence-corrected chi connectivity index (χ2v) is 5.73. The zero-order chi connectivity index (χ0) is 8.77. The molecular formula is C9H9BrOS. The lowest BCUT2D eigenvalue weighted by atomic mass is 10.1. The van der Waals surface area contributed by atoms with Crippen molar-refractivity contribution in [2.75, 3.05) is 0 Å². The van der Waals surface area contributed by atoms with Gasteiger partial charge >= 0.3 is 0 Å². The molecule has 1 aliphatic heterocycles. The summed E-state index contributed by atoms with van der Waals surface area (Å²) in [6, 6.07) is 2.08. The van der Waals surface area contributed by atoms with Crippen LogP contribution in [0.15, 0.2) is 15.9 Å². The lowest BCUT2D eigenvalue weighted by Crippen LogP contribution is -2.26. The number of rotatable bonds is 0. The van der Waals surface area contributed by atoms with Gasteiger partial charge in [-0.3, -0.25) is 0 Å². The average molecular weight is 245 g/mol. The molecule has 12 heavy (non-hydrogen) atoms. The molecular weight excluding hydrogens is 236 g/mol. The molecule has 0 fully saturated rings. The van der Waals surface area contributed by atoms with Crippen molar-refractivity contribution in [2.45, 2.75) is 19.4 Å². The molecule has 0 spiro atoms. The SMILES string of the molecule is CC1(C)C=Cc2cc(Br)sc2O1. The maximum absolute atomic E-state index is 5.74. The number of halogens is 1. The molecule has 64 valence electrons. The summed E-state index contributed by atoms with van der Waals surface area (Å²) in [6.07, 6.45) is 4.19. The molecule has 0 saturated heterocycles. The molecule has 0 saturated carbocycles. The molecule has 0 aliphatic carbocycles. The first-order valence-electron chi connectivity index (χ1n) is 3.74. The Bertz CT molecular complexity index is 338. The molecule has 3 heteroatoms. The number of fused-ring (bicyclic) bond motifs is 1. The zero-order valence-corrected chi connectivity index (χ0v) is 9.33. The summed E-state index contributed by atoms with van der Waals surface area (Å²) in [5.74, 6) is 0. The third-order valence-electron chi connectivity index (χ3n) is 1.71. The number of ether oxygens (including phenoxy) is 1. The van der Waals surface area contributed by atoms with Gasteiger partial charge in [-0.1, -0.05) is 17.4 Å². The molecule has 0 N–H and O–H groups in total. The van der Waals surface area contributed by atoms with Crippen LogP contribution in [0.1, 0.15) is 19.4 Å². The van der Waals surface area contributed by atoms with Crippen molar-refractivity contribution in [3.63, 3.8) is 0 Å². The molecule has 0 amide bonds. The first kappa shape index (κ1) is 8.32. The minimum atomic E-state index is -0.155. The highest BCUT2D eigenvalue weighted by Gasteiger charge is 2.23. The summed E-state index contributed by atoms with van der Waals surface area (Å²) < 4.78 is 6.86. The Labute approximate surface area is 84.2 Å². The molecule has 1 aliphatic rings. The van der Waals surface area contributed by atoms with E-state index in [1.807, 2.05) is 0 Å². The predicted molar refractivity (Wildman–Crippen MR) is 55.8 cm³/mol. The molecule has 1 aromatic rings. The van der Waals surface area contributed by atoms with E-state index in [9.17, 15) is 0 Å². The Kier molecular flexibility index (Phi) is 1.81. The van der Waals surface area contributed by atoms with Gasteiger partial charge in [0.1, 0.15) is 5.60 Å². The van der Waals surface area contributed by atoms with E-state index in [0.717, 1.165) is 8.85 Å². The maximum atomic E-state index is 5.74. The van der Waals surface area contributed by atoms with E-state index in [1.54, 1.807) is 11.3 Å². The standard InChI is InChI=1S/C9H9BrOS/c1-9(2)4-3-6-5-7(10)12-8(6)11-9/h3-5H,1-2H3. The van der Waals surface area contributed by atoms with Crippen molar-refractivity contribution in [1.82, 2.24) is 0 Å². The van der Waals surface area contributed by atoms with E-state index in [4.69, 9.17) is 4.74 Å². The van der Waals surface area contributed by atoms with Gasteiger partial charge in [0.05, 0.1) is 3.79 Å². The van der Waals surface area contributed by atoms with Gasteiger partial charge in [-0.25, -0.2) is 0 Å². The van der Waals surface area contributed by atoms with Crippen molar-refractivity contribution in [3.05, 3.63) is 21.5 Å². The van der Waals surface area contributed by atoms with Crippen LogP contribution in [0.25, 0.3) is 6.08 Å². The van der Waals surface area contributed by atoms with Gasteiger partial charge in [-0.2, -0.15) is 0 Å². The fourth-order valence-electron chi connectivity index (χ4n) is 1.12. The van der Waals surface area contributed by atoms with Gasteiger partial charge in [0.25, 0.3) is 0 Å². The minimum absolute atomic E-state index is 0.155. The molecule has 2 heterocycles. The van der Waals surface area contributed by atoms with Gasteiger partial charge in [-0.05, 0) is 41.9 Å². The Morgan fingerprint density at radius 3 is 3.00 bits per heavy atom. The van der Waals surface area contributed by atoms with Crippen molar-refractivity contribution in [2.24, 2.45) is 0 Å². The van der Waals surface area contributed by atoms with Crippen LogP contribution in [-0.4, -0.2) is 5.60 Å². The van der Waals surface area contributed by atoms with Gasteiger partial charge in [0.15, 0.2) is 5.06 Å². The maximum Gasteiger partial charge on any atom is 0.183 e. The van der Waals surface area contributed by atoms with Crippen LogP contribution < -0.4 is 4.74 Å². The van der Waals surface area contributed by atoms with Crippen molar-refractivity contribution >= 4 is 33.3 Å². The van der Waals surface area contributed by atoms with Gasteiger partial charge in [0.2, 0.25) is 0 Å². The van der Waals surface area contributed by atoms with Gasteiger partial charge in [-0.15, -0.1) is 0 Å². The zero-order valence-electron chi connectivity index (χ0n) is 6.93. The van der Waals surface area contributed by atoms with E-state index in [1.165, 1.54) is 5.56 Å². The molecule has 0 unspecified atom stereocenters. The monoisotopic (exact) mass is 244 g/mol. The highest BCUT2D eigenvalue weighted by molar-refractivity contribution is 9.11. The quantitative estimate of drug-likeness (QED) is 0.677. The number of thiophene rings is 1. The van der Waals surface area contributed by atoms with E-state index in [0.29, 0.717) is 0 Å². The lowest BCUT2D eigenvalue weighted by molar-refractivity contribution is 0.165. The first-order chi connectivity index (χ1) is 5.57. The second kappa shape index (κ2) is 2.60. The Hall–Kier alpha value is -0.280. The third-order valence-corrected chi connectivity index (χ3v) is 3.25. The van der Waals surface area contributed by atoms with Crippen LogP contribution in [0, 0.1) is 0 Å². The fraction of sp³-hybridized carbons (Fsp3) is 0.333. The smallest absolute Gasteiger partial charge is 0.183 e. The van der Waals surface area contributed by atoms with E-state index in [-0.39, 0.29) is 5.60 Å². The average Bonchev–Trinajstić information content (AvgIpc) is 2.26. The normalized spacial score (nSPS) is 18.6. The molecule has 0 atom stereocenters. The van der Waals surface area contributed by atoms with E-state index < -0.39 is 0 Å². The Morgan fingerprint density at radius 2 is 2.25 bits per heavy atom.